The highest BCUT2D eigenvalue weighted by Gasteiger charge is 2.36. The van der Waals surface area contributed by atoms with Crippen molar-refractivity contribution < 1.29 is 14.3 Å². The molecule has 1 amide bonds. The molecule has 1 atom stereocenters. The summed E-state index contributed by atoms with van der Waals surface area (Å²) >= 11 is 0. The zero-order valence-electron chi connectivity index (χ0n) is 11.4. The molecule has 1 aromatic carbocycles. The maximum absolute atomic E-state index is 12.0. The first-order chi connectivity index (χ1) is 9.08. The van der Waals surface area contributed by atoms with E-state index in [9.17, 15) is 9.59 Å². The van der Waals surface area contributed by atoms with Crippen LogP contribution in [0.5, 0.6) is 5.75 Å². The molecular formula is C14H18N2O3. The molecule has 0 aromatic heterocycles. The molecule has 5 nitrogen and oxygen atoms in total. The zero-order chi connectivity index (χ0) is 14.0. The van der Waals surface area contributed by atoms with Gasteiger partial charge in [-0.3, -0.25) is 9.59 Å². The van der Waals surface area contributed by atoms with Crippen LogP contribution in [0.2, 0.25) is 0 Å². The van der Waals surface area contributed by atoms with Crippen LogP contribution in [0, 0.1) is 5.92 Å². The standard InChI is InChI=1S/C14H18N2O3/c1-9(7-15-2)8-16-12-5-4-10(19-3)6-11(12)13(17)14(16)18/h4-6,9,15H,7-8H2,1-3H3. The van der Waals surface area contributed by atoms with Gasteiger partial charge in [0.15, 0.2) is 0 Å². The predicted molar refractivity (Wildman–Crippen MR) is 72.8 cm³/mol. The molecule has 19 heavy (non-hydrogen) atoms. The van der Waals surface area contributed by atoms with Crippen LogP contribution in [-0.4, -0.2) is 38.9 Å². The summed E-state index contributed by atoms with van der Waals surface area (Å²) in [4.78, 5) is 25.5. The highest BCUT2D eigenvalue weighted by Crippen LogP contribution is 2.32. The van der Waals surface area contributed by atoms with Crippen molar-refractivity contribution in [2.24, 2.45) is 5.92 Å². The minimum absolute atomic E-state index is 0.273. The largest absolute Gasteiger partial charge is 0.497 e. The van der Waals surface area contributed by atoms with Crippen molar-refractivity contribution in [1.82, 2.24) is 5.32 Å². The lowest BCUT2D eigenvalue weighted by atomic mass is 10.1. The summed E-state index contributed by atoms with van der Waals surface area (Å²) in [6, 6.07) is 5.15. The Labute approximate surface area is 112 Å². The van der Waals surface area contributed by atoms with E-state index in [2.05, 4.69) is 5.32 Å². The summed E-state index contributed by atoms with van der Waals surface area (Å²) in [5.74, 6) is -0.0448. The Morgan fingerprint density at radius 2 is 2.11 bits per heavy atom. The minimum Gasteiger partial charge on any atom is -0.497 e. The van der Waals surface area contributed by atoms with E-state index >= 15 is 0 Å². The van der Waals surface area contributed by atoms with Crippen LogP contribution < -0.4 is 15.0 Å². The van der Waals surface area contributed by atoms with E-state index in [1.165, 1.54) is 7.11 Å². The van der Waals surface area contributed by atoms with Gasteiger partial charge in [0.25, 0.3) is 11.7 Å². The number of hydrogen-bond acceptors (Lipinski definition) is 4. The Balaban J connectivity index is 2.29. The molecule has 1 unspecified atom stereocenters. The van der Waals surface area contributed by atoms with Crippen molar-refractivity contribution in [3.8, 4) is 5.75 Å². The van der Waals surface area contributed by atoms with Gasteiger partial charge in [-0.25, -0.2) is 0 Å². The molecule has 1 aliphatic rings. The van der Waals surface area contributed by atoms with E-state index < -0.39 is 11.7 Å². The average molecular weight is 262 g/mol. The number of amides is 1. The van der Waals surface area contributed by atoms with E-state index in [0.717, 1.165) is 6.54 Å². The molecule has 0 fully saturated rings. The summed E-state index contributed by atoms with van der Waals surface area (Å²) < 4.78 is 5.09. The summed E-state index contributed by atoms with van der Waals surface area (Å²) in [6.07, 6.45) is 0. The Morgan fingerprint density at radius 3 is 2.74 bits per heavy atom. The van der Waals surface area contributed by atoms with E-state index in [1.54, 1.807) is 23.1 Å². The second kappa shape index (κ2) is 5.40. The molecular weight excluding hydrogens is 244 g/mol. The van der Waals surface area contributed by atoms with Crippen LogP contribution in [0.1, 0.15) is 17.3 Å². The van der Waals surface area contributed by atoms with Gasteiger partial charge in [-0.15, -0.1) is 0 Å². The van der Waals surface area contributed by atoms with E-state index in [1.807, 2.05) is 14.0 Å². The van der Waals surface area contributed by atoms with Crippen molar-refractivity contribution in [3.63, 3.8) is 0 Å². The number of methoxy groups -OCH3 is 1. The molecule has 0 saturated heterocycles. The van der Waals surface area contributed by atoms with Gasteiger partial charge in [0.05, 0.1) is 18.4 Å². The maximum Gasteiger partial charge on any atom is 0.299 e. The number of hydrogen-bond donors (Lipinski definition) is 1. The number of anilines is 1. The Bertz CT molecular complexity index is 513. The molecule has 0 spiro atoms. The fraction of sp³-hybridized carbons (Fsp3) is 0.429. The number of fused-ring (bicyclic) bond motifs is 1. The Hall–Kier alpha value is -1.88. The number of carbonyl (C=O) groups is 2. The Kier molecular flexibility index (Phi) is 3.85. The van der Waals surface area contributed by atoms with Crippen molar-refractivity contribution in [3.05, 3.63) is 23.8 Å². The number of ketones is 1. The minimum atomic E-state index is -0.453. The lowest BCUT2D eigenvalue weighted by Gasteiger charge is -2.21. The quantitative estimate of drug-likeness (QED) is 0.807. The van der Waals surface area contributed by atoms with Crippen LogP contribution in [0.3, 0.4) is 0 Å². The predicted octanol–water partition coefficient (Wildman–Crippen LogP) is 1.08. The Morgan fingerprint density at radius 1 is 1.37 bits per heavy atom. The smallest absolute Gasteiger partial charge is 0.299 e. The van der Waals surface area contributed by atoms with Crippen LogP contribution in [0.4, 0.5) is 5.69 Å². The number of rotatable bonds is 5. The van der Waals surface area contributed by atoms with Crippen molar-refractivity contribution in [1.29, 1.82) is 0 Å². The summed E-state index contributed by atoms with van der Waals surface area (Å²) in [5, 5.41) is 3.07. The first-order valence-electron chi connectivity index (χ1n) is 6.27. The van der Waals surface area contributed by atoms with Crippen LogP contribution in [0.15, 0.2) is 18.2 Å². The molecule has 0 saturated carbocycles. The lowest BCUT2D eigenvalue weighted by molar-refractivity contribution is -0.114. The molecule has 1 heterocycles. The third kappa shape index (κ3) is 2.46. The van der Waals surface area contributed by atoms with Crippen LogP contribution in [0.25, 0.3) is 0 Å². The van der Waals surface area contributed by atoms with E-state index in [4.69, 9.17) is 4.74 Å². The average Bonchev–Trinajstić information content (AvgIpc) is 2.64. The fourth-order valence-corrected chi connectivity index (χ4v) is 2.31. The molecule has 0 bridgehead atoms. The highest BCUT2D eigenvalue weighted by molar-refractivity contribution is 6.52. The number of ether oxygens (including phenoxy) is 1. The third-order valence-electron chi connectivity index (χ3n) is 3.23. The SMILES string of the molecule is CNCC(C)CN1C(=O)C(=O)c2cc(OC)ccc21. The van der Waals surface area contributed by atoms with Gasteiger partial charge in [-0.05, 0) is 37.7 Å². The normalized spacial score (nSPS) is 15.6. The van der Waals surface area contributed by atoms with Gasteiger partial charge in [0, 0.05) is 6.54 Å². The molecule has 1 aromatic rings. The first-order valence-corrected chi connectivity index (χ1v) is 6.27. The second-order valence-corrected chi connectivity index (χ2v) is 4.79. The number of carbonyl (C=O) groups excluding carboxylic acids is 2. The molecule has 0 aliphatic carbocycles. The highest BCUT2D eigenvalue weighted by atomic mass is 16.5. The zero-order valence-corrected chi connectivity index (χ0v) is 11.4. The van der Waals surface area contributed by atoms with Gasteiger partial charge in [0.1, 0.15) is 5.75 Å². The molecule has 2 rings (SSSR count). The van der Waals surface area contributed by atoms with Crippen molar-refractivity contribution >= 4 is 17.4 Å². The van der Waals surface area contributed by atoms with Crippen molar-refractivity contribution in [2.45, 2.75) is 6.92 Å². The van der Waals surface area contributed by atoms with Crippen molar-refractivity contribution in [2.75, 3.05) is 32.1 Å². The van der Waals surface area contributed by atoms with Crippen LogP contribution >= 0.6 is 0 Å². The summed E-state index contributed by atoms with van der Waals surface area (Å²) in [6.45, 7) is 3.37. The second-order valence-electron chi connectivity index (χ2n) is 4.79. The number of nitrogens with one attached hydrogen (secondary N) is 1. The fourth-order valence-electron chi connectivity index (χ4n) is 2.31. The van der Waals surface area contributed by atoms with Gasteiger partial charge in [-0.1, -0.05) is 6.92 Å². The van der Waals surface area contributed by atoms with Crippen LogP contribution in [-0.2, 0) is 4.79 Å². The summed E-state index contributed by atoms with van der Waals surface area (Å²) in [5.41, 5.74) is 1.11. The van der Waals surface area contributed by atoms with Gasteiger partial charge >= 0.3 is 0 Å². The van der Waals surface area contributed by atoms with E-state index in [-0.39, 0.29) is 5.92 Å². The molecule has 0 radical (unpaired) electrons. The molecule has 5 heteroatoms. The number of nitrogens with zero attached hydrogens (tertiary/aromatic N) is 1. The van der Waals surface area contributed by atoms with E-state index in [0.29, 0.717) is 23.5 Å². The topological polar surface area (TPSA) is 58.6 Å². The van der Waals surface area contributed by atoms with Gasteiger partial charge in [0.2, 0.25) is 0 Å². The summed E-state index contributed by atoms with van der Waals surface area (Å²) in [7, 11) is 3.40. The van der Waals surface area contributed by atoms with Gasteiger partial charge in [-0.2, -0.15) is 0 Å². The number of Topliss-reactive ketones (excluding diaryl/α,β-unsaturated/α-hetero) is 1. The van der Waals surface area contributed by atoms with Gasteiger partial charge < -0.3 is 15.0 Å². The first kappa shape index (κ1) is 13.5. The third-order valence-corrected chi connectivity index (χ3v) is 3.23. The maximum atomic E-state index is 12.0. The molecule has 1 aliphatic heterocycles. The number of benzene rings is 1. The lowest BCUT2D eigenvalue weighted by Crippen LogP contribution is -2.36. The molecule has 102 valence electrons. The molecule has 1 N–H and O–H groups in total. The monoisotopic (exact) mass is 262 g/mol.